The van der Waals surface area contributed by atoms with E-state index in [4.69, 9.17) is 16.9 Å². The molecule has 1 heterocycles. The summed E-state index contributed by atoms with van der Waals surface area (Å²) in [7, 11) is 0. The number of carbonyl (C=O) groups is 1. The molecule has 0 atom stereocenters. The number of amides is 1. The molecule has 0 aliphatic heterocycles. The Morgan fingerprint density at radius 1 is 1.09 bits per heavy atom. The summed E-state index contributed by atoms with van der Waals surface area (Å²) in [6.07, 6.45) is 0. The molecule has 6 nitrogen and oxygen atoms in total. The summed E-state index contributed by atoms with van der Waals surface area (Å²) in [6.45, 7) is 0.281. The van der Waals surface area contributed by atoms with Crippen LogP contribution in [0.15, 0.2) is 82.7 Å². The fourth-order valence-electron chi connectivity index (χ4n) is 3.22. The number of nitriles is 1. The quantitative estimate of drug-likeness (QED) is 0.336. The summed E-state index contributed by atoms with van der Waals surface area (Å²) in [5, 5.41) is 13.2. The lowest BCUT2D eigenvalue weighted by atomic mass is 10.1. The number of carbonyl (C=O) groups excluding carboxylic acids is 1. The van der Waals surface area contributed by atoms with Crippen LogP contribution in [0.1, 0.15) is 15.9 Å². The first kappa shape index (κ1) is 21.6. The molecule has 0 aliphatic carbocycles. The molecule has 0 saturated carbocycles. The molecule has 1 aromatic heterocycles. The molecular formula is C24H17ClN4O2S. The van der Waals surface area contributed by atoms with E-state index in [2.05, 4.69) is 16.4 Å². The monoisotopic (exact) mass is 460 g/mol. The van der Waals surface area contributed by atoms with Gasteiger partial charge in [0.15, 0.2) is 5.16 Å². The minimum atomic E-state index is -0.299. The van der Waals surface area contributed by atoms with Crippen molar-refractivity contribution in [3.05, 3.63) is 99.3 Å². The second-order valence-electron chi connectivity index (χ2n) is 6.82. The van der Waals surface area contributed by atoms with Gasteiger partial charge in [0.05, 0.1) is 28.4 Å². The van der Waals surface area contributed by atoms with Crippen molar-refractivity contribution >= 4 is 40.2 Å². The molecule has 3 aromatic carbocycles. The van der Waals surface area contributed by atoms with Gasteiger partial charge in [0, 0.05) is 17.1 Å². The Hall–Kier alpha value is -3.60. The molecule has 0 aliphatic rings. The van der Waals surface area contributed by atoms with Gasteiger partial charge in [-0.2, -0.15) is 5.26 Å². The highest BCUT2D eigenvalue weighted by Gasteiger charge is 2.15. The molecule has 4 rings (SSSR count). The van der Waals surface area contributed by atoms with Gasteiger partial charge in [0.1, 0.15) is 0 Å². The first-order valence-corrected chi connectivity index (χ1v) is 11.1. The van der Waals surface area contributed by atoms with Crippen LogP contribution in [0, 0.1) is 11.3 Å². The minimum Gasteiger partial charge on any atom is -0.348 e. The Bertz CT molecular complexity index is 1400. The van der Waals surface area contributed by atoms with Gasteiger partial charge in [-0.25, -0.2) is 4.98 Å². The molecule has 0 bridgehead atoms. The van der Waals surface area contributed by atoms with Gasteiger partial charge in [-0.1, -0.05) is 59.8 Å². The lowest BCUT2D eigenvalue weighted by Crippen LogP contribution is -2.24. The van der Waals surface area contributed by atoms with Gasteiger partial charge in [-0.3, -0.25) is 14.2 Å². The molecule has 8 heteroatoms. The average molecular weight is 461 g/mol. The summed E-state index contributed by atoms with van der Waals surface area (Å²) >= 11 is 7.32. The van der Waals surface area contributed by atoms with E-state index in [0.717, 1.165) is 5.56 Å². The SMILES string of the molecule is N#CCSc1nc2cc(C(=O)NCc3ccccc3Cl)ccc2c(=O)n1-c1ccccc1. The van der Waals surface area contributed by atoms with Crippen molar-refractivity contribution in [1.29, 1.82) is 5.26 Å². The number of aromatic nitrogens is 2. The number of hydrogen-bond donors (Lipinski definition) is 1. The Morgan fingerprint density at radius 3 is 2.59 bits per heavy atom. The predicted molar refractivity (Wildman–Crippen MR) is 126 cm³/mol. The Labute approximate surface area is 193 Å². The maximum atomic E-state index is 13.3. The van der Waals surface area contributed by atoms with E-state index in [9.17, 15) is 9.59 Å². The third kappa shape index (κ3) is 4.52. The normalized spacial score (nSPS) is 10.6. The first-order chi connectivity index (χ1) is 15.6. The zero-order valence-electron chi connectivity index (χ0n) is 16.8. The van der Waals surface area contributed by atoms with Crippen LogP contribution in [0.25, 0.3) is 16.6 Å². The predicted octanol–water partition coefficient (Wildman–Crippen LogP) is 4.58. The van der Waals surface area contributed by atoms with Crippen molar-refractivity contribution in [3.8, 4) is 11.8 Å². The Balaban J connectivity index is 1.71. The standard InChI is InChI=1S/C24H17ClN4O2S/c25-20-9-5-4-6-17(20)15-27-22(30)16-10-11-19-21(14-16)28-24(32-13-12-26)29(23(19)31)18-7-2-1-3-8-18/h1-11,14H,13,15H2,(H,27,30). The van der Waals surface area contributed by atoms with E-state index in [0.29, 0.717) is 32.3 Å². The maximum absolute atomic E-state index is 13.3. The van der Waals surface area contributed by atoms with E-state index in [1.165, 1.54) is 16.3 Å². The largest absolute Gasteiger partial charge is 0.348 e. The van der Waals surface area contributed by atoms with E-state index in [1.54, 1.807) is 24.3 Å². The molecule has 0 saturated heterocycles. The smallest absolute Gasteiger partial charge is 0.266 e. The number of fused-ring (bicyclic) bond motifs is 1. The van der Waals surface area contributed by atoms with E-state index < -0.39 is 0 Å². The lowest BCUT2D eigenvalue weighted by molar-refractivity contribution is 0.0951. The number of nitrogens with zero attached hydrogens (tertiary/aromatic N) is 3. The van der Waals surface area contributed by atoms with Crippen molar-refractivity contribution in [2.75, 3.05) is 5.75 Å². The van der Waals surface area contributed by atoms with E-state index in [-0.39, 0.29) is 23.8 Å². The Morgan fingerprint density at radius 2 is 1.84 bits per heavy atom. The molecule has 158 valence electrons. The van der Waals surface area contributed by atoms with Crippen LogP contribution in [0.4, 0.5) is 0 Å². The van der Waals surface area contributed by atoms with Gasteiger partial charge < -0.3 is 5.32 Å². The average Bonchev–Trinajstić information content (AvgIpc) is 2.82. The van der Waals surface area contributed by atoms with Gasteiger partial charge in [-0.05, 0) is 42.0 Å². The van der Waals surface area contributed by atoms with Gasteiger partial charge in [-0.15, -0.1) is 0 Å². The Kier molecular flexibility index (Phi) is 6.55. The number of para-hydroxylation sites is 1. The number of rotatable bonds is 6. The van der Waals surface area contributed by atoms with Gasteiger partial charge in [0.2, 0.25) is 0 Å². The van der Waals surface area contributed by atoms with E-state index >= 15 is 0 Å². The molecule has 0 radical (unpaired) electrons. The van der Waals surface area contributed by atoms with Gasteiger partial charge >= 0.3 is 0 Å². The van der Waals surface area contributed by atoms with Crippen molar-refractivity contribution in [3.63, 3.8) is 0 Å². The van der Waals surface area contributed by atoms with Crippen LogP contribution < -0.4 is 10.9 Å². The molecule has 0 unspecified atom stereocenters. The number of halogens is 1. The summed E-state index contributed by atoms with van der Waals surface area (Å²) in [5.74, 6) is -0.157. The second kappa shape index (κ2) is 9.69. The highest BCUT2D eigenvalue weighted by Crippen LogP contribution is 2.22. The molecule has 1 amide bonds. The number of nitrogens with one attached hydrogen (secondary N) is 1. The summed E-state index contributed by atoms with van der Waals surface area (Å²) in [6, 6.07) is 23.3. The zero-order valence-corrected chi connectivity index (χ0v) is 18.4. The third-order valence-corrected chi connectivity index (χ3v) is 5.95. The third-order valence-electron chi connectivity index (χ3n) is 4.78. The molecule has 32 heavy (non-hydrogen) atoms. The maximum Gasteiger partial charge on any atom is 0.266 e. The van der Waals surface area contributed by atoms with Crippen molar-refractivity contribution in [2.24, 2.45) is 0 Å². The lowest BCUT2D eigenvalue weighted by Gasteiger charge is -2.13. The second-order valence-corrected chi connectivity index (χ2v) is 8.17. The number of hydrogen-bond acceptors (Lipinski definition) is 5. The summed E-state index contributed by atoms with van der Waals surface area (Å²) < 4.78 is 1.49. The van der Waals surface area contributed by atoms with Crippen LogP contribution in [0.3, 0.4) is 0 Å². The molecule has 4 aromatic rings. The topological polar surface area (TPSA) is 87.8 Å². The van der Waals surface area contributed by atoms with Crippen LogP contribution >= 0.6 is 23.4 Å². The molecule has 1 N–H and O–H groups in total. The van der Waals surface area contributed by atoms with Crippen molar-refractivity contribution in [2.45, 2.75) is 11.7 Å². The van der Waals surface area contributed by atoms with E-state index in [1.807, 2.05) is 48.5 Å². The highest BCUT2D eigenvalue weighted by molar-refractivity contribution is 7.99. The van der Waals surface area contributed by atoms with Crippen LogP contribution in [0.2, 0.25) is 5.02 Å². The molecule has 0 spiro atoms. The first-order valence-electron chi connectivity index (χ1n) is 9.72. The molecular weight excluding hydrogens is 444 g/mol. The minimum absolute atomic E-state index is 0.142. The van der Waals surface area contributed by atoms with Crippen molar-refractivity contribution < 1.29 is 4.79 Å². The van der Waals surface area contributed by atoms with Gasteiger partial charge in [0.25, 0.3) is 11.5 Å². The summed E-state index contributed by atoms with van der Waals surface area (Å²) in [4.78, 5) is 30.5. The fourth-order valence-corrected chi connectivity index (χ4v) is 4.10. The summed E-state index contributed by atoms with van der Waals surface area (Å²) in [5.41, 5.74) is 1.99. The fraction of sp³-hybridized carbons (Fsp3) is 0.0833. The highest BCUT2D eigenvalue weighted by atomic mass is 35.5. The van der Waals surface area contributed by atoms with Crippen LogP contribution in [0.5, 0.6) is 0 Å². The number of thioether (sulfide) groups is 1. The van der Waals surface area contributed by atoms with Crippen molar-refractivity contribution in [1.82, 2.24) is 14.9 Å². The van der Waals surface area contributed by atoms with Crippen LogP contribution in [-0.4, -0.2) is 21.2 Å². The molecule has 0 fully saturated rings. The van der Waals surface area contributed by atoms with Crippen LogP contribution in [-0.2, 0) is 6.54 Å². The zero-order chi connectivity index (χ0) is 22.5. The number of benzene rings is 3.